The number of pyridine rings is 1. The first-order valence-electron chi connectivity index (χ1n) is 6.72. The van der Waals surface area contributed by atoms with E-state index in [4.69, 9.17) is 0 Å². The van der Waals surface area contributed by atoms with Gasteiger partial charge in [-0.1, -0.05) is 19.4 Å². The van der Waals surface area contributed by atoms with Gasteiger partial charge in [0.25, 0.3) is 0 Å². The van der Waals surface area contributed by atoms with Gasteiger partial charge in [-0.3, -0.25) is 9.78 Å². The van der Waals surface area contributed by atoms with E-state index in [2.05, 4.69) is 11.9 Å². The molecule has 0 bridgehead atoms. The number of hydrogen-bond acceptors (Lipinski definition) is 2. The summed E-state index contributed by atoms with van der Waals surface area (Å²) in [6.07, 6.45) is 4.27. The van der Waals surface area contributed by atoms with E-state index in [1.54, 1.807) is 0 Å². The van der Waals surface area contributed by atoms with Crippen LogP contribution in [-0.2, 0) is 11.2 Å². The Morgan fingerprint density at radius 3 is 2.89 bits per heavy atom. The van der Waals surface area contributed by atoms with Gasteiger partial charge < -0.3 is 5.11 Å². The highest BCUT2D eigenvalue weighted by Crippen LogP contribution is 2.45. The number of nitrogens with zero attached hydrogens (tertiary/aromatic N) is 1. The van der Waals surface area contributed by atoms with E-state index >= 15 is 0 Å². The fourth-order valence-corrected chi connectivity index (χ4v) is 3.06. The number of carboxylic acids is 1. The number of aromatic nitrogens is 1. The number of carboxylic acid groups (broad SMARTS) is 1. The second kappa shape index (κ2) is 5.09. The molecule has 18 heavy (non-hydrogen) atoms. The highest BCUT2D eigenvalue weighted by molar-refractivity contribution is 5.75. The van der Waals surface area contributed by atoms with Crippen molar-refractivity contribution in [2.75, 3.05) is 0 Å². The quantitative estimate of drug-likeness (QED) is 0.888. The van der Waals surface area contributed by atoms with E-state index < -0.39 is 11.4 Å². The predicted octanol–water partition coefficient (Wildman–Crippen LogP) is 3.21. The third kappa shape index (κ3) is 2.55. The maximum atomic E-state index is 11.6. The molecule has 1 N–H and O–H groups in total. The van der Waals surface area contributed by atoms with E-state index in [-0.39, 0.29) is 0 Å². The summed E-state index contributed by atoms with van der Waals surface area (Å²) >= 11 is 0. The van der Waals surface area contributed by atoms with Crippen LogP contribution in [0.5, 0.6) is 0 Å². The minimum Gasteiger partial charge on any atom is -0.481 e. The molecule has 2 atom stereocenters. The van der Waals surface area contributed by atoms with Crippen molar-refractivity contribution >= 4 is 5.97 Å². The number of carbonyl (C=O) groups is 1. The van der Waals surface area contributed by atoms with Crippen molar-refractivity contribution in [1.82, 2.24) is 4.98 Å². The highest BCUT2D eigenvalue weighted by atomic mass is 16.4. The van der Waals surface area contributed by atoms with E-state index in [1.165, 1.54) is 0 Å². The van der Waals surface area contributed by atoms with Gasteiger partial charge in [-0.25, -0.2) is 0 Å². The standard InChI is InChI=1S/C15H21NO2/c1-3-12-7-8-15(9-12,14(17)18)10-13-6-4-5-11(2)16-13/h4-6,12H,3,7-10H2,1-2H3,(H,17,18). The van der Waals surface area contributed by atoms with Gasteiger partial charge in [0, 0.05) is 17.8 Å². The van der Waals surface area contributed by atoms with Crippen LogP contribution in [0.15, 0.2) is 18.2 Å². The van der Waals surface area contributed by atoms with Gasteiger partial charge in [0.15, 0.2) is 0 Å². The van der Waals surface area contributed by atoms with Crippen molar-refractivity contribution < 1.29 is 9.90 Å². The lowest BCUT2D eigenvalue weighted by Gasteiger charge is -2.24. The lowest BCUT2D eigenvalue weighted by molar-refractivity contribution is -0.148. The van der Waals surface area contributed by atoms with E-state index in [0.29, 0.717) is 12.3 Å². The molecule has 2 rings (SSSR count). The van der Waals surface area contributed by atoms with Crippen LogP contribution in [0, 0.1) is 18.3 Å². The number of aliphatic carboxylic acids is 1. The van der Waals surface area contributed by atoms with Crippen molar-refractivity contribution in [3.8, 4) is 0 Å². The molecule has 1 aliphatic rings. The summed E-state index contributed by atoms with van der Waals surface area (Å²) in [5.74, 6) is -0.0901. The fourth-order valence-electron chi connectivity index (χ4n) is 3.06. The zero-order chi connectivity index (χ0) is 13.2. The van der Waals surface area contributed by atoms with Gasteiger partial charge in [0.1, 0.15) is 0 Å². The molecule has 3 heteroatoms. The lowest BCUT2D eigenvalue weighted by atomic mass is 9.80. The Kier molecular flexibility index (Phi) is 3.69. The van der Waals surface area contributed by atoms with Gasteiger partial charge in [-0.15, -0.1) is 0 Å². The first kappa shape index (κ1) is 13.1. The number of rotatable bonds is 4. The molecule has 3 nitrogen and oxygen atoms in total. The second-order valence-corrected chi connectivity index (χ2v) is 5.55. The highest BCUT2D eigenvalue weighted by Gasteiger charge is 2.45. The maximum Gasteiger partial charge on any atom is 0.310 e. The van der Waals surface area contributed by atoms with Crippen LogP contribution < -0.4 is 0 Å². The van der Waals surface area contributed by atoms with Gasteiger partial charge in [-0.2, -0.15) is 0 Å². The SMILES string of the molecule is CCC1CCC(Cc2cccc(C)n2)(C(=O)O)C1. The minimum atomic E-state index is -0.651. The van der Waals surface area contributed by atoms with Gasteiger partial charge in [-0.05, 0) is 44.2 Å². The molecule has 0 radical (unpaired) electrons. The van der Waals surface area contributed by atoms with Crippen LogP contribution in [0.1, 0.15) is 44.0 Å². The summed E-state index contributed by atoms with van der Waals surface area (Å²) in [5.41, 5.74) is 1.29. The molecule has 2 unspecified atom stereocenters. The first-order valence-corrected chi connectivity index (χ1v) is 6.72. The molecule has 0 aromatic carbocycles. The van der Waals surface area contributed by atoms with E-state index in [1.807, 2.05) is 25.1 Å². The topological polar surface area (TPSA) is 50.2 Å². The Hall–Kier alpha value is -1.38. The van der Waals surface area contributed by atoms with Gasteiger partial charge in [0.05, 0.1) is 5.41 Å². The Morgan fingerprint density at radius 1 is 1.56 bits per heavy atom. The molecule has 1 saturated carbocycles. The molecule has 1 aliphatic carbocycles. The predicted molar refractivity (Wildman–Crippen MR) is 70.4 cm³/mol. The van der Waals surface area contributed by atoms with Gasteiger partial charge in [0.2, 0.25) is 0 Å². The van der Waals surface area contributed by atoms with Crippen molar-refractivity contribution in [3.63, 3.8) is 0 Å². The minimum absolute atomic E-state index is 0.561. The molecule has 1 fully saturated rings. The van der Waals surface area contributed by atoms with Crippen LogP contribution in [0.2, 0.25) is 0 Å². The van der Waals surface area contributed by atoms with Crippen molar-refractivity contribution in [2.24, 2.45) is 11.3 Å². The van der Waals surface area contributed by atoms with Crippen LogP contribution in [0.25, 0.3) is 0 Å². The monoisotopic (exact) mass is 247 g/mol. The lowest BCUT2D eigenvalue weighted by Crippen LogP contribution is -2.31. The zero-order valence-corrected chi connectivity index (χ0v) is 11.1. The Morgan fingerprint density at radius 2 is 2.33 bits per heavy atom. The normalized spacial score (nSPS) is 27.3. The average molecular weight is 247 g/mol. The third-order valence-electron chi connectivity index (χ3n) is 4.21. The molecule has 0 aliphatic heterocycles. The smallest absolute Gasteiger partial charge is 0.310 e. The van der Waals surface area contributed by atoms with E-state index in [0.717, 1.165) is 37.1 Å². The van der Waals surface area contributed by atoms with Crippen LogP contribution in [0.3, 0.4) is 0 Å². The van der Waals surface area contributed by atoms with Crippen LogP contribution >= 0.6 is 0 Å². The Balaban J connectivity index is 2.20. The van der Waals surface area contributed by atoms with Crippen molar-refractivity contribution in [3.05, 3.63) is 29.6 Å². The summed E-state index contributed by atoms with van der Waals surface area (Å²) in [5, 5.41) is 9.58. The molecular weight excluding hydrogens is 226 g/mol. The summed E-state index contributed by atoms with van der Waals surface area (Å²) in [7, 11) is 0. The van der Waals surface area contributed by atoms with Crippen LogP contribution in [0.4, 0.5) is 0 Å². The molecule has 0 spiro atoms. The number of hydrogen-bond donors (Lipinski definition) is 1. The fraction of sp³-hybridized carbons (Fsp3) is 0.600. The summed E-state index contributed by atoms with van der Waals surface area (Å²) < 4.78 is 0. The number of aryl methyl sites for hydroxylation is 1. The molecule has 0 amide bonds. The maximum absolute atomic E-state index is 11.6. The Labute approximate surface area is 108 Å². The zero-order valence-electron chi connectivity index (χ0n) is 11.1. The van der Waals surface area contributed by atoms with Crippen molar-refractivity contribution in [1.29, 1.82) is 0 Å². The molecule has 1 heterocycles. The average Bonchev–Trinajstić information content (AvgIpc) is 2.74. The molecule has 1 aromatic heterocycles. The molecule has 0 saturated heterocycles. The summed E-state index contributed by atoms with van der Waals surface area (Å²) in [6.45, 7) is 4.09. The molecule has 98 valence electrons. The van der Waals surface area contributed by atoms with E-state index in [9.17, 15) is 9.90 Å². The first-order chi connectivity index (χ1) is 8.55. The molecular formula is C15H21NO2. The Bertz CT molecular complexity index is 444. The second-order valence-electron chi connectivity index (χ2n) is 5.55. The summed E-state index contributed by atoms with van der Waals surface area (Å²) in [4.78, 5) is 16.1. The molecule has 1 aromatic rings. The van der Waals surface area contributed by atoms with Gasteiger partial charge >= 0.3 is 5.97 Å². The van der Waals surface area contributed by atoms with Crippen LogP contribution in [-0.4, -0.2) is 16.1 Å². The third-order valence-corrected chi connectivity index (χ3v) is 4.21. The van der Waals surface area contributed by atoms with Crippen molar-refractivity contribution in [2.45, 2.75) is 46.0 Å². The summed E-state index contributed by atoms with van der Waals surface area (Å²) in [6, 6.07) is 5.84. The largest absolute Gasteiger partial charge is 0.481 e.